The van der Waals surface area contributed by atoms with E-state index in [1.54, 1.807) is 17.6 Å². The highest BCUT2D eigenvalue weighted by Crippen LogP contribution is 2.41. The van der Waals surface area contributed by atoms with Crippen molar-refractivity contribution in [3.63, 3.8) is 0 Å². The van der Waals surface area contributed by atoms with Gasteiger partial charge in [-0.25, -0.2) is 4.98 Å². The van der Waals surface area contributed by atoms with Gasteiger partial charge in [0.15, 0.2) is 0 Å². The largest absolute Gasteiger partial charge is 0.468 e. The van der Waals surface area contributed by atoms with Gasteiger partial charge in [-0.2, -0.15) is 0 Å². The summed E-state index contributed by atoms with van der Waals surface area (Å²) in [5.41, 5.74) is 1.10. The number of aromatic nitrogens is 1. The van der Waals surface area contributed by atoms with E-state index >= 15 is 0 Å². The van der Waals surface area contributed by atoms with Crippen LogP contribution in [-0.4, -0.2) is 29.1 Å². The Morgan fingerprint density at radius 3 is 3.19 bits per heavy atom. The van der Waals surface area contributed by atoms with Gasteiger partial charge in [-0.3, -0.25) is 4.90 Å². The number of hydrogen-bond donors (Lipinski definition) is 0. The number of nitrogens with zero attached hydrogens (tertiary/aromatic N) is 2. The number of hydrogen-bond acceptors (Lipinski definition) is 5. The van der Waals surface area contributed by atoms with Crippen molar-refractivity contribution in [3.8, 4) is 0 Å². The average Bonchev–Trinajstić information content (AvgIpc) is 3.18. The van der Waals surface area contributed by atoms with Crippen LogP contribution in [0.1, 0.15) is 35.4 Å². The van der Waals surface area contributed by atoms with E-state index in [0.29, 0.717) is 12.0 Å². The van der Waals surface area contributed by atoms with Gasteiger partial charge in [0.25, 0.3) is 0 Å². The minimum Gasteiger partial charge on any atom is -0.468 e. The number of ether oxygens (including phenoxy) is 1. The molecule has 2 aromatic rings. The molecular weight excluding hydrogens is 284 g/mol. The maximum Gasteiger partial charge on any atom is 0.122 e. The quantitative estimate of drug-likeness (QED) is 0.871. The molecule has 0 amide bonds. The highest BCUT2D eigenvalue weighted by atomic mass is 32.1. The fraction of sp³-hybridized carbons (Fsp3) is 0.562. The first-order chi connectivity index (χ1) is 10.3. The number of thiazole rings is 1. The molecule has 0 N–H and O–H groups in total. The molecule has 2 fully saturated rings. The van der Waals surface area contributed by atoms with Crippen molar-refractivity contribution >= 4 is 11.3 Å². The summed E-state index contributed by atoms with van der Waals surface area (Å²) in [6, 6.07) is 4.00. The highest BCUT2D eigenvalue weighted by molar-refractivity contribution is 7.09. The molecular formula is C16H20N2O2S. The Bertz CT molecular complexity index is 595. The average molecular weight is 304 g/mol. The lowest BCUT2D eigenvalue weighted by atomic mass is 9.92. The summed E-state index contributed by atoms with van der Waals surface area (Å²) in [6.07, 6.45) is 4.65. The van der Waals surface area contributed by atoms with Crippen molar-refractivity contribution in [2.45, 2.75) is 38.5 Å². The van der Waals surface area contributed by atoms with Gasteiger partial charge in [0.1, 0.15) is 16.9 Å². The SMILES string of the molecule is Cc1csc([C@@H]2C[C@H]3CCN(Cc4ccco4)C[C@@H]3O2)n1. The van der Waals surface area contributed by atoms with Gasteiger partial charge in [-0.15, -0.1) is 11.3 Å². The molecule has 3 atom stereocenters. The summed E-state index contributed by atoms with van der Waals surface area (Å²) in [5.74, 6) is 1.73. The van der Waals surface area contributed by atoms with E-state index in [1.165, 1.54) is 6.42 Å². The van der Waals surface area contributed by atoms with Crippen LogP contribution in [0.3, 0.4) is 0 Å². The van der Waals surface area contributed by atoms with Crippen LogP contribution in [-0.2, 0) is 11.3 Å². The van der Waals surface area contributed by atoms with Crippen LogP contribution in [0.2, 0.25) is 0 Å². The van der Waals surface area contributed by atoms with Gasteiger partial charge in [0, 0.05) is 17.6 Å². The Kier molecular flexibility index (Phi) is 3.57. The van der Waals surface area contributed by atoms with Gasteiger partial charge < -0.3 is 9.15 Å². The van der Waals surface area contributed by atoms with E-state index in [2.05, 4.69) is 15.3 Å². The molecule has 4 heterocycles. The maximum absolute atomic E-state index is 6.29. The summed E-state index contributed by atoms with van der Waals surface area (Å²) in [5, 5.41) is 3.27. The molecule has 4 nitrogen and oxygen atoms in total. The van der Waals surface area contributed by atoms with Gasteiger partial charge in [-0.1, -0.05) is 0 Å². The molecule has 0 aliphatic carbocycles. The Balaban J connectivity index is 1.40. The van der Waals surface area contributed by atoms with Gasteiger partial charge in [-0.05, 0) is 44.4 Å². The van der Waals surface area contributed by atoms with Gasteiger partial charge in [0.05, 0.1) is 18.9 Å². The van der Waals surface area contributed by atoms with E-state index in [0.717, 1.165) is 42.5 Å². The number of rotatable bonds is 3. The number of furan rings is 1. The van der Waals surface area contributed by atoms with Crippen molar-refractivity contribution in [3.05, 3.63) is 40.2 Å². The van der Waals surface area contributed by atoms with Crippen molar-refractivity contribution in [2.75, 3.05) is 13.1 Å². The summed E-state index contributed by atoms with van der Waals surface area (Å²) in [7, 11) is 0. The monoisotopic (exact) mass is 304 g/mol. The predicted octanol–water partition coefficient (Wildman–Crippen LogP) is 3.40. The zero-order chi connectivity index (χ0) is 14.2. The summed E-state index contributed by atoms with van der Waals surface area (Å²) in [6.45, 7) is 5.08. The van der Waals surface area contributed by atoms with E-state index < -0.39 is 0 Å². The van der Waals surface area contributed by atoms with E-state index in [-0.39, 0.29) is 6.10 Å². The standard InChI is InChI=1S/C16H20N2O2S/c1-11-10-21-16(17-11)14-7-12-4-5-18(9-15(12)20-14)8-13-3-2-6-19-13/h2-3,6,10,12,14-15H,4-5,7-9H2,1H3/t12-,14+,15+/m1/s1. The molecule has 2 saturated heterocycles. The first-order valence-corrected chi connectivity index (χ1v) is 8.48. The summed E-state index contributed by atoms with van der Waals surface area (Å²) in [4.78, 5) is 7.04. The summed E-state index contributed by atoms with van der Waals surface area (Å²) < 4.78 is 11.7. The first kappa shape index (κ1) is 13.5. The van der Waals surface area contributed by atoms with Gasteiger partial charge >= 0.3 is 0 Å². The molecule has 0 spiro atoms. The summed E-state index contributed by atoms with van der Waals surface area (Å²) >= 11 is 1.73. The third-order valence-electron chi connectivity index (χ3n) is 4.51. The van der Waals surface area contributed by atoms with Crippen molar-refractivity contribution < 1.29 is 9.15 Å². The zero-order valence-corrected chi connectivity index (χ0v) is 13.0. The molecule has 0 unspecified atom stereocenters. The van der Waals surface area contributed by atoms with Crippen LogP contribution in [0.5, 0.6) is 0 Å². The van der Waals surface area contributed by atoms with E-state index in [4.69, 9.17) is 9.15 Å². The lowest BCUT2D eigenvalue weighted by Crippen LogP contribution is -2.41. The second kappa shape index (κ2) is 5.55. The van der Waals surface area contributed by atoms with Crippen LogP contribution in [0.4, 0.5) is 0 Å². The number of piperidine rings is 1. The lowest BCUT2D eigenvalue weighted by molar-refractivity contribution is -0.0108. The topological polar surface area (TPSA) is 38.5 Å². The second-order valence-electron chi connectivity index (χ2n) is 6.09. The maximum atomic E-state index is 6.29. The minimum atomic E-state index is 0.210. The Hall–Kier alpha value is -1.17. The van der Waals surface area contributed by atoms with Crippen LogP contribution < -0.4 is 0 Å². The molecule has 4 rings (SSSR count). The van der Waals surface area contributed by atoms with Crippen molar-refractivity contribution in [2.24, 2.45) is 5.92 Å². The molecule has 2 aromatic heterocycles. The lowest BCUT2D eigenvalue weighted by Gasteiger charge is -2.33. The molecule has 112 valence electrons. The fourth-order valence-corrected chi connectivity index (χ4v) is 4.28. The Morgan fingerprint density at radius 2 is 2.43 bits per heavy atom. The third-order valence-corrected chi connectivity index (χ3v) is 5.56. The minimum absolute atomic E-state index is 0.210. The van der Waals surface area contributed by atoms with Crippen LogP contribution in [0.15, 0.2) is 28.2 Å². The van der Waals surface area contributed by atoms with E-state index in [9.17, 15) is 0 Å². The normalized spacial score (nSPS) is 29.7. The first-order valence-electron chi connectivity index (χ1n) is 7.60. The molecule has 2 aliphatic heterocycles. The van der Waals surface area contributed by atoms with Crippen molar-refractivity contribution in [1.82, 2.24) is 9.88 Å². The molecule has 21 heavy (non-hydrogen) atoms. The molecule has 0 radical (unpaired) electrons. The number of likely N-dealkylation sites (tertiary alicyclic amines) is 1. The van der Waals surface area contributed by atoms with Crippen LogP contribution in [0.25, 0.3) is 0 Å². The second-order valence-corrected chi connectivity index (χ2v) is 6.98. The highest BCUT2D eigenvalue weighted by Gasteiger charge is 2.40. The molecule has 0 aromatic carbocycles. The molecule has 5 heteroatoms. The third kappa shape index (κ3) is 2.78. The smallest absolute Gasteiger partial charge is 0.122 e. The Labute approximate surface area is 128 Å². The Morgan fingerprint density at radius 1 is 1.48 bits per heavy atom. The molecule has 2 aliphatic rings. The number of aryl methyl sites for hydroxylation is 1. The van der Waals surface area contributed by atoms with E-state index in [1.807, 2.05) is 19.1 Å². The number of fused-ring (bicyclic) bond motifs is 1. The fourth-order valence-electron chi connectivity index (χ4n) is 3.44. The predicted molar refractivity (Wildman–Crippen MR) is 81.2 cm³/mol. The molecule has 0 saturated carbocycles. The van der Waals surface area contributed by atoms with Gasteiger partial charge in [0.2, 0.25) is 0 Å². The van der Waals surface area contributed by atoms with Crippen molar-refractivity contribution in [1.29, 1.82) is 0 Å². The van der Waals surface area contributed by atoms with Crippen LogP contribution in [0, 0.1) is 12.8 Å². The molecule has 0 bridgehead atoms. The zero-order valence-electron chi connectivity index (χ0n) is 12.2. The van der Waals surface area contributed by atoms with Crippen LogP contribution >= 0.6 is 11.3 Å².